The molecule has 260 valence electrons. The first-order chi connectivity index (χ1) is 29.8. The standard InChI is InChI=1S/C48H21B12NO/c49-34-31(24-11-5-2-6-12-24)35(50)41(56)46(40(34)55)61(47-42(57)36(51)32(37(52)43(47)58)25-17-15-23(16-18-25)22-9-3-1-4-10-22)48-44(59)38(53)33(39(54)45(48)60)26-19-20-28-27-13-7-8-14-29(27)62-30(28)21-26/h1-21H. The normalized spacial score (nSPS) is 11.4. The Hall–Kier alpha value is -5.86. The third-order valence-electron chi connectivity index (χ3n) is 11.6. The van der Waals surface area contributed by atoms with Crippen molar-refractivity contribution in [3.8, 4) is 44.5 Å². The molecule has 24 radical (unpaired) electrons. The Labute approximate surface area is 378 Å². The highest BCUT2D eigenvalue weighted by molar-refractivity contribution is 6.68. The molecule has 0 bridgehead atoms. The summed E-state index contributed by atoms with van der Waals surface area (Å²) in [4.78, 5) is 1.44. The van der Waals surface area contributed by atoms with Crippen LogP contribution in [0.5, 0.6) is 0 Å². The number of hydrogen-bond donors (Lipinski definition) is 0. The molecule has 14 heteroatoms. The number of hydrogen-bond acceptors (Lipinski definition) is 2. The lowest BCUT2D eigenvalue weighted by Gasteiger charge is -2.40. The first kappa shape index (κ1) is 41.5. The van der Waals surface area contributed by atoms with Crippen molar-refractivity contribution < 1.29 is 4.42 Å². The van der Waals surface area contributed by atoms with E-state index in [2.05, 4.69) is 0 Å². The average molecular weight is 757 g/mol. The summed E-state index contributed by atoms with van der Waals surface area (Å²) in [5.41, 5.74) is 6.95. The maximum Gasteiger partial charge on any atom is 0.136 e. The fourth-order valence-electron chi connectivity index (χ4n) is 8.38. The minimum atomic E-state index is -0.0315. The summed E-state index contributed by atoms with van der Waals surface area (Å²) >= 11 is 0. The molecule has 0 spiro atoms. The van der Waals surface area contributed by atoms with Crippen LogP contribution >= 0.6 is 0 Å². The lowest BCUT2D eigenvalue weighted by Crippen LogP contribution is -2.54. The van der Waals surface area contributed by atoms with E-state index in [1.54, 1.807) is 0 Å². The Morgan fingerprint density at radius 1 is 0.274 bits per heavy atom. The van der Waals surface area contributed by atoms with Crippen molar-refractivity contribution in [2.75, 3.05) is 4.90 Å². The molecule has 0 N–H and O–H groups in total. The number of benzene rings is 8. The van der Waals surface area contributed by atoms with Gasteiger partial charge in [-0.25, -0.2) is 0 Å². The molecule has 62 heavy (non-hydrogen) atoms. The molecule has 1 heterocycles. The summed E-state index contributed by atoms with van der Waals surface area (Å²) in [5, 5.41) is 1.86. The molecule has 1 aromatic heterocycles. The van der Waals surface area contributed by atoms with E-state index >= 15 is 0 Å². The molecule has 0 aliphatic heterocycles. The van der Waals surface area contributed by atoms with Crippen LogP contribution in [0.3, 0.4) is 0 Å². The number of nitrogens with zero attached hydrogens (tertiary/aromatic N) is 1. The van der Waals surface area contributed by atoms with E-state index in [1.807, 2.05) is 127 Å². The van der Waals surface area contributed by atoms with Crippen LogP contribution in [0.15, 0.2) is 132 Å². The van der Waals surface area contributed by atoms with Gasteiger partial charge in [0, 0.05) is 27.8 Å². The van der Waals surface area contributed by atoms with Crippen LogP contribution in [0.1, 0.15) is 0 Å². The van der Waals surface area contributed by atoms with E-state index in [0.29, 0.717) is 39.0 Å². The molecule has 0 aliphatic rings. The quantitative estimate of drug-likeness (QED) is 0.200. The summed E-state index contributed by atoms with van der Waals surface area (Å²) in [6, 6.07) is 40.2. The Balaban J connectivity index is 1.30. The molecule has 9 rings (SSSR count). The smallest absolute Gasteiger partial charge is 0.136 e. The number of para-hydroxylation sites is 1. The van der Waals surface area contributed by atoms with Crippen LogP contribution in [0.4, 0.5) is 17.1 Å². The highest BCUT2D eigenvalue weighted by Crippen LogP contribution is 2.33. The largest absolute Gasteiger partial charge is 0.456 e. The van der Waals surface area contributed by atoms with Crippen molar-refractivity contribution in [2.45, 2.75) is 0 Å². The van der Waals surface area contributed by atoms with Gasteiger partial charge in [-0.05, 0) is 62.7 Å². The molecule has 2 nitrogen and oxygen atoms in total. The molecule has 0 aliphatic carbocycles. The fourth-order valence-corrected chi connectivity index (χ4v) is 8.38. The zero-order chi connectivity index (χ0) is 43.7. The van der Waals surface area contributed by atoms with Crippen molar-refractivity contribution in [1.29, 1.82) is 0 Å². The van der Waals surface area contributed by atoms with E-state index < -0.39 is 0 Å². The van der Waals surface area contributed by atoms with Gasteiger partial charge in [-0.2, -0.15) is 0 Å². The van der Waals surface area contributed by atoms with Gasteiger partial charge in [0.25, 0.3) is 0 Å². The summed E-state index contributed by atoms with van der Waals surface area (Å²) in [5.74, 6) is 0. The topological polar surface area (TPSA) is 16.4 Å². The van der Waals surface area contributed by atoms with E-state index in [9.17, 15) is 0 Å². The second kappa shape index (κ2) is 16.1. The predicted octanol–water partition coefficient (Wildman–Crippen LogP) is -0.751. The van der Waals surface area contributed by atoms with Crippen LogP contribution in [0.25, 0.3) is 66.4 Å². The van der Waals surface area contributed by atoms with Crippen LogP contribution in [-0.4, -0.2) is 94.2 Å². The summed E-state index contributed by atoms with van der Waals surface area (Å²) in [7, 11) is 83.9. The van der Waals surface area contributed by atoms with Gasteiger partial charge in [-0.3, -0.25) is 0 Å². The van der Waals surface area contributed by atoms with Gasteiger partial charge in [0.2, 0.25) is 0 Å². The second-order valence-corrected chi connectivity index (χ2v) is 15.1. The molecule has 0 amide bonds. The molecule has 0 saturated heterocycles. The van der Waals surface area contributed by atoms with Crippen LogP contribution in [0.2, 0.25) is 0 Å². The minimum absolute atomic E-state index is 0.0116. The Morgan fingerprint density at radius 3 is 1.06 bits per heavy atom. The summed E-state index contributed by atoms with van der Waals surface area (Å²) in [6.07, 6.45) is 0. The van der Waals surface area contributed by atoms with Gasteiger partial charge in [0.15, 0.2) is 0 Å². The van der Waals surface area contributed by atoms with Gasteiger partial charge in [-0.15, -0.1) is 0 Å². The molecular weight excluding hydrogens is 736 g/mol. The summed E-state index contributed by atoms with van der Waals surface area (Å²) in [6.45, 7) is 0. The van der Waals surface area contributed by atoms with E-state index in [-0.39, 0.29) is 82.6 Å². The first-order valence-electron chi connectivity index (χ1n) is 19.5. The Kier molecular flexibility index (Phi) is 10.8. The maximum absolute atomic E-state index is 7.08. The van der Waals surface area contributed by atoms with Crippen molar-refractivity contribution in [3.63, 3.8) is 0 Å². The van der Waals surface area contributed by atoms with Crippen molar-refractivity contribution >= 4 is 199 Å². The number of fused-ring (bicyclic) bond motifs is 3. The molecule has 0 unspecified atom stereocenters. The second-order valence-electron chi connectivity index (χ2n) is 15.1. The van der Waals surface area contributed by atoms with Crippen LogP contribution < -0.4 is 70.5 Å². The van der Waals surface area contributed by atoms with E-state index in [4.69, 9.17) is 98.6 Å². The Bertz CT molecular complexity index is 3170. The molecule has 0 fully saturated rings. The maximum atomic E-state index is 7.08. The number of anilines is 3. The number of rotatable bonds is 7. The van der Waals surface area contributed by atoms with Gasteiger partial charge < -0.3 is 9.32 Å². The van der Waals surface area contributed by atoms with Crippen LogP contribution in [0, 0.1) is 0 Å². The van der Waals surface area contributed by atoms with Gasteiger partial charge >= 0.3 is 0 Å². The highest BCUT2D eigenvalue weighted by Gasteiger charge is 2.29. The zero-order valence-electron chi connectivity index (χ0n) is 33.4. The molecule has 0 atom stereocenters. The third kappa shape index (κ3) is 6.60. The molecule has 0 saturated carbocycles. The van der Waals surface area contributed by atoms with Gasteiger partial charge in [0.05, 0.1) is 0 Å². The van der Waals surface area contributed by atoms with Crippen molar-refractivity contribution in [2.24, 2.45) is 0 Å². The minimum Gasteiger partial charge on any atom is -0.456 e. The van der Waals surface area contributed by atoms with Crippen molar-refractivity contribution in [3.05, 3.63) is 127 Å². The van der Waals surface area contributed by atoms with E-state index in [0.717, 1.165) is 27.5 Å². The van der Waals surface area contributed by atoms with Gasteiger partial charge in [0.1, 0.15) is 105 Å². The first-order valence-corrected chi connectivity index (χ1v) is 19.5. The predicted molar refractivity (Wildman–Crippen MR) is 275 cm³/mol. The van der Waals surface area contributed by atoms with Gasteiger partial charge in [-0.1, -0.05) is 175 Å². The summed E-state index contributed by atoms with van der Waals surface area (Å²) < 4.78 is 6.18. The van der Waals surface area contributed by atoms with Crippen molar-refractivity contribution in [1.82, 2.24) is 0 Å². The zero-order valence-corrected chi connectivity index (χ0v) is 33.4. The highest BCUT2D eigenvalue weighted by atomic mass is 16.3. The molecular formula is C48H21B12NO. The molecule has 8 aromatic carbocycles. The van der Waals surface area contributed by atoms with E-state index in [1.165, 1.54) is 4.90 Å². The molecule has 9 aromatic rings. The monoisotopic (exact) mass is 759 g/mol. The lowest BCUT2D eigenvalue weighted by molar-refractivity contribution is 0.669. The Morgan fingerprint density at radius 2 is 0.597 bits per heavy atom. The fraction of sp³-hybridized carbons (Fsp3) is 0. The van der Waals surface area contributed by atoms with Crippen LogP contribution in [-0.2, 0) is 0 Å². The number of furan rings is 1. The lowest BCUT2D eigenvalue weighted by atomic mass is 9.61. The SMILES string of the molecule is [B]c1c([B])c(N(c2c([B])c([B])c(-c3ccc(-c4ccccc4)cc3)c([B])c2[B])c2c([B])c([B])c(-c3ccc4c(c3)oc3ccccc34)c([B])c2[B])c([B])c([B])c1-c1ccccc1. The average Bonchev–Trinajstić information content (AvgIpc) is 3.66. The third-order valence-corrected chi connectivity index (χ3v) is 11.6.